The predicted molar refractivity (Wildman–Crippen MR) is 92.2 cm³/mol. The zero-order valence-corrected chi connectivity index (χ0v) is 15.5. The van der Waals surface area contributed by atoms with Crippen molar-refractivity contribution in [1.29, 1.82) is 0 Å². The van der Waals surface area contributed by atoms with Crippen molar-refractivity contribution in [2.45, 2.75) is 66.0 Å². The quantitative estimate of drug-likeness (QED) is 0.727. The minimum atomic E-state index is -0.553. The molecule has 1 fully saturated rings. The van der Waals surface area contributed by atoms with Crippen LogP contribution in [0.3, 0.4) is 0 Å². The molecular formula is C18H32N2O3. The average molecular weight is 324 g/mol. The number of hydrogen-bond acceptors (Lipinski definition) is 4. The number of carbonyl (C=O) groups is 2. The van der Waals surface area contributed by atoms with E-state index in [0.29, 0.717) is 18.9 Å². The molecule has 0 spiro atoms. The summed E-state index contributed by atoms with van der Waals surface area (Å²) in [7, 11) is 0. The van der Waals surface area contributed by atoms with Gasteiger partial charge in [0, 0.05) is 25.8 Å². The highest BCUT2D eigenvalue weighted by molar-refractivity contribution is 5.96. The van der Waals surface area contributed by atoms with Gasteiger partial charge in [-0.1, -0.05) is 6.92 Å². The van der Waals surface area contributed by atoms with E-state index in [1.165, 1.54) is 0 Å². The highest BCUT2D eigenvalue weighted by Gasteiger charge is 2.35. The predicted octanol–water partition coefficient (Wildman–Crippen LogP) is 3.45. The van der Waals surface area contributed by atoms with E-state index in [9.17, 15) is 9.59 Å². The number of ketones is 1. The molecule has 2 atom stereocenters. The number of carbonyl (C=O) groups excluding carboxylic acids is 2. The molecule has 0 aliphatic carbocycles. The zero-order valence-electron chi connectivity index (χ0n) is 15.5. The molecule has 1 aliphatic heterocycles. The second-order valence-corrected chi connectivity index (χ2v) is 7.27. The summed E-state index contributed by atoms with van der Waals surface area (Å²) in [6.45, 7) is 14.0. The summed E-state index contributed by atoms with van der Waals surface area (Å²) in [5.41, 5.74) is -0.553. The smallest absolute Gasteiger partial charge is 0.410 e. The second-order valence-electron chi connectivity index (χ2n) is 7.27. The summed E-state index contributed by atoms with van der Waals surface area (Å²) in [5, 5.41) is 0. The number of amides is 1. The van der Waals surface area contributed by atoms with Crippen LogP contribution in [0.5, 0.6) is 0 Å². The van der Waals surface area contributed by atoms with E-state index in [1.54, 1.807) is 11.0 Å². The lowest BCUT2D eigenvalue weighted by Crippen LogP contribution is -2.51. The fourth-order valence-electron chi connectivity index (χ4n) is 2.70. The Morgan fingerprint density at radius 3 is 2.35 bits per heavy atom. The van der Waals surface area contributed by atoms with Crippen molar-refractivity contribution < 1.29 is 14.3 Å². The lowest BCUT2D eigenvalue weighted by molar-refractivity contribution is -0.121. The Bertz CT molecular complexity index is 436. The molecule has 0 aromatic heterocycles. The lowest BCUT2D eigenvalue weighted by Gasteiger charge is -2.38. The molecule has 1 heterocycles. The standard InChI is InChI=1S/C18H32N2O3/c1-7-19(8-2)12-11-16(21)15-10-9-14(3)13-20(15)17(22)23-18(4,5)6/h11-12,14-15H,7-10,13H2,1-6H3/b12-11+/t14-,15+/m1/s1. The molecule has 132 valence electrons. The third-order valence-electron chi connectivity index (χ3n) is 4.04. The van der Waals surface area contributed by atoms with Gasteiger partial charge in [0.05, 0.1) is 6.04 Å². The van der Waals surface area contributed by atoms with Gasteiger partial charge in [0.1, 0.15) is 5.60 Å². The molecule has 23 heavy (non-hydrogen) atoms. The molecule has 1 aliphatic rings. The number of rotatable bonds is 5. The Balaban J connectivity index is 2.83. The zero-order chi connectivity index (χ0) is 17.6. The van der Waals surface area contributed by atoms with Crippen molar-refractivity contribution in [3.8, 4) is 0 Å². The first kappa shape index (κ1) is 19.5. The van der Waals surface area contributed by atoms with Crippen molar-refractivity contribution in [3.63, 3.8) is 0 Å². The molecule has 0 saturated carbocycles. The molecule has 0 N–H and O–H groups in total. The van der Waals surface area contributed by atoms with Crippen LogP contribution in [-0.2, 0) is 9.53 Å². The van der Waals surface area contributed by atoms with Crippen LogP contribution in [0.1, 0.15) is 54.4 Å². The highest BCUT2D eigenvalue weighted by atomic mass is 16.6. The third kappa shape index (κ3) is 6.24. The molecule has 0 unspecified atom stereocenters. The van der Waals surface area contributed by atoms with Crippen LogP contribution in [0.2, 0.25) is 0 Å². The van der Waals surface area contributed by atoms with E-state index in [0.717, 1.165) is 19.5 Å². The third-order valence-corrected chi connectivity index (χ3v) is 4.04. The largest absolute Gasteiger partial charge is 0.444 e. The van der Waals surface area contributed by atoms with E-state index in [-0.39, 0.29) is 5.78 Å². The molecule has 1 amide bonds. The summed E-state index contributed by atoms with van der Waals surface area (Å²) in [6.07, 6.45) is 4.69. The van der Waals surface area contributed by atoms with Gasteiger partial charge in [0.25, 0.3) is 0 Å². The van der Waals surface area contributed by atoms with E-state index in [2.05, 4.69) is 11.8 Å². The number of ether oxygens (including phenoxy) is 1. The second kappa shape index (κ2) is 8.37. The first-order valence-corrected chi connectivity index (χ1v) is 8.63. The number of piperidine rings is 1. The summed E-state index contributed by atoms with van der Waals surface area (Å²) in [6, 6.07) is -0.409. The molecule has 5 nitrogen and oxygen atoms in total. The topological polar surface area (TPSA) is 49.9 Å². The van der Waals surface area contributed by atoms with Crippen LogP contribution in [-0.4, -0.2) is 53.0 Å². The van der Waals surface area contributed by atoms with Crippen molar-refractivity contribution in [2.24, 2.45) is 5.92 Å². The molecule has 0 bridgehead atoms. The van der Waals surface area contributed by atoms with Crippen LogP contribution >= 0.6 is 0 Å². The molecular weight excluding hydrogens is 292 g/mol. The first-order valence-electron chi connectivity index (χ1n) is 8.63. The Morgan fingerprint density at radius 2 is 1.83 bits per heavy atom. The Morgan fingerprint density at radius 1 is 1.22 bits per heavy atom. The normalized spacial score (nSPS) is 22.3. The fraction of sp³-hybridized carbons (Fsp3) is 0.778. The lowest BCUT2D eigenvalue weighted by atomic mass is 9.92. The van der Waals surface area contributed by atoms with E-state index >= 15 is 0 Å². The fourth-order valence-corrected chi connectivity index (χ4v) is 2.70. The highest BCUT2D eigenvalue weighted by Crippen LogP contribution is 2.25. The van der Waals surface area contributed by atoms with E-state index in [1.807, 2.05) is 40.8 Å². The summed E-state index contributed by atoms with van der Waals surface area (Å²) >= 11 is 0. The maximum Gasteiger partial charge on any atom is 0.410 e. The van der Waals surface area contributed by atoms with Gasteiger partial charge in [-0.2, -0.15) is 0 Å². The van der Waals surface area contributed by atoms with Crippen molar-refractivity contribution in [1.82, 2.24) is 9.80 Å². The number of nitrogens with zero attached hydrogens (tertiary/aromatic N) is 2. The molecule has 0 aromatic rings. The van der Waals surface area contributed by atoms with Crippen LogP contribution in [0.15, 0.2) is 12.3 Å². The van der Waals surface area contributed by atoms with Gasteiger partial charge in [-0.25, -0.2) is 4.79 Å². The minimum absolute atomic E-state index is 0.0188. The SMILES string of the molecule is CCN(/C=C/C(=O)[C@@H]1CC[C@@H](C)CN1C(=O)OC(C)(C)C)CC. The maximum atomic E-state index is 12.6. The van der Waals surface area contributed by atoms with Crippen LogP contribution in [0.4, 0.5) is 4.79 Å². The molecule has 0 aromatic carbocycles. The van der Waals surface area contributed by atoms with E-state index in [4.69, 9.17) is 4.74 Å². The average Bonchev–Trinajstić information content (AvgIpc) is 2.46. The van der Waals surface area contributed by atoms with Gasteiger partial charge in [0.2, 0.25) is 0 Å². The number of hydrogen-bond donors (Lipinski definition) is 0. The van der Waals surface area contributed by atoms with Crippen molar-refractivity contribution >= 4 is 11.9 Å². The van der Waals surface area contributed by atoms with Gasteiger partial charge >= 0.3 is 6.09 Å². The Kier molecular flexibility index (Phi) is 7.10. The van der Waals surface area contributed by atoms with Crippen LogP contribution in [0, 0.1) is 5.92 Å². The Hall–Kier alpha value is -1.52. The summed E-state index contributed by atoms with van der Waals surface area (Å²) < 4.78 is 5.47. The van der Waals surface area contributed by atoms with Crippen LogP contribution in [0.25, 0.3) is 0 Å². The van der Waals surface area contributed by atoms with Gasteiger partial charge < -0.3 is 9.64 Å². The number of likely N-dealkylation sites (tertiary alicyclic amines) is 1. The molecule has 5 heteroatoms. The van der Waals surface area contributed by atoms with Gasteiger partial charge in [0.15, 0.2) is 5.78 Å². The van der Waals surface area contributed by atoms with Crippen molar-refractivity contribution in [2.75, 3.05) is 19.6 Å². The molecule has 0 radical (unpaired) electrons. The Labute approximate surface area is 140 Å². The maximum absolute atomic E-state index is 12.6. The van der Waals surface area contributed by atoms with Gasteiger partial charge in [-0.3, -0.25) is 9.69 Å². The minimum Gasteiger partial charge on any atom is -0.444 e. The first-order chi connectivity index (χ1) is 10.7. The van der Waals surface area contributed by atoms with Gasteiger partial charge in [-0.15, -0.1) is 0 Å². The van der Waals surface area contributed by atoms with E-state index < -0.39 is 17.7 Å². The monoisotopic (exact) mass is 324 g/mol. The molecule has 1 rings (SSSR count). The molecule has 1 saturated heterocycles. The van der Waals surface area contributed by atoms with Crippen molar-refractivity contribution in [3.05, 3.63) is 12.3 Å². The summed E-state index contributed by atoms with van der Waals surface area (Å²) in [5.74, 6) is 0.369. The summed E-state index contributed by atoms with van der Waals surface area (Å²) in [4.78, 5) is 28.7. The van der Waals surface area contributed by atoms with Gasteiger partial charge in [-0.05, 0) is 59.5 Å². The van der Waals surface area contributed by atoms with Crippen LogP contribution < -0.4 is 0 Å².